The third-order valence-corrected chi connectivity index (χ3v) is 4.24. The van der Waals surface area contributed by atoms with Crippen LogP contribution in [0.15, 0.2) is 30.3 Å². The second-order valence-electron chi connectivity index (χ2n) is 5.66. The molecule has 2 saturated carbocycles. The number of hydrogen-bond donors (Lipinski definition) is 2. The average Bonchev–Trinajstić information content (AvgIpc) is 3.30. The van der Waals surface area contributed by atoms with Crippen molar-refractivity contribution in [1.82, 2.24) is 5.32 Å². The smallest absolute Gasteiger partial charge is 0.230 e. The summed E-state index contributed by atoms with van der Waals surface area (Å²) in [5.74, 6) is 0.793. The Balaban J connectivity index is 1.61. The van der Waals surface area contributed by atoms with Crippen LogP contribution >= 0.6 is 0 Å². The van der Waals surface area contributed by atoms with Gasteiger partial charge in [-0.25, -0.2) is 0 Å². The van der Waals surface area contributed by atoms with Gasteiger partial charge in [-0.05, 0) is 37.2 Å². The summed E-state index contributed by atoms with van der Waals surface area (Å²) in [6.07, 6.45) is 4.37. The van der Waals surface area contributed by atoms with Crippen LogP contribution in [-0.2, 0) is 10.2 Å². The molecule has 2 aliphatic rings. The Kier molecular flexibility index (Phi) is 2.86. The van der Waals surface area contributed by atoms with E-state index in [2.05, 4.69) is 5.32 Å². The highest BCUT2D eigenvalue weighted by Crippen LogP contribution is 2.48. The van der Waals surface area contributed by atoms with E-state index in [1.807, 2.05) is 30.3 Å². The Labute approximate surface area is 108 Å². The van der Waals surface area contributed by atoms with E-state index < -0.39 is 0 Å². The maximum atomic E-state index is 12.3. The zero-order chi connectivity index (χ0) is 12.6. The lowest BCUT2D eigenvalue weighted by Gasteiger charge is -2.18. The van der Waals surface area contributed by atoms with Crippen LogP contribution in [0.3, 0.4) is 0 Å². The molecule has 0 aliphatic heterocycles. The van der Waals surface area contributed by atoms with Crippen molar-refractivity contribution in [2.75, 3.05) is 6.54 Å². The molecule has 0 radical (unpaired) electrons. The first kappa shape index (κ1) is 11.7. The fourth-order valence-corrected chi connectivity index (χ4v) is 2.60. The molecule has 1 aromatic carbocycles. The maximum absolute atomic E-state index is 12.3. The Morgan fingerprint density at radius 1 is 1.33 bits per heavy atom. The largest absolute Gasteiger partial charge is 0.354 e. The van der Waals surface area contributed by atoms with Crippen molar-refractivity contribution in [3.63, 3.8) is 0 Å². The zero-order valence-corrected chi connectivity index (χ0v) is 10.6. The molecule has 0 heterocycles. The van der Waals surface area contributed by atoms with Crippen molar-refractivity contribution >= 4 is 5.91 Å². The molecule has 1 amide bonds. The Morgan fingerprint density at radius 3 is 2.56 bits per heavy atom. The van der Waals surface area contributed by atoms with Gasteiger partial charge in [-0.2, -0.15) is 0 Å². The van der Waals surface area contributed by atoms with Gasteiger partial charge in [-0.1, -0.05) is 30.3 Å². The molecular formula is C15H20N2O. The highest BCUT2D eigenvalue weighted by molar-refractivity contribution is 5.91. The summed E-state index contributed by atoms with van der Waals surface area (Å²) in [7, 11) is 0. The fraction of sp³-hybridized carbons (Fsp3) is 0.533. The van der Waals surface area contributed by atoms with Crippen LogP contribution in [0.1, 0.15) is 31.2 Å². The van der Waals surface area contributed by atoms with Crippen LogP contribution in [0.2, 0.25) is 0 Å². The van der Waals surface area contributed by atoms with E-state index in [0.29, 0.717) is 12.5 Å². The van der Waals surface area contributed by atoms with Crippen molar-refractivity contribution < 1.29 is 4.79 Å². The Morgan fingerprint density at radius 2 is 2.00 bits per heavy atom. The van der Waals surface area contributed by atoms with E-state index in [9.17, 15) is 4.79 Å². The molecular weight excluding hydrogens is 224 g/mol. The number of rotatable bonds is 5. The predicted octanol–water partition coefficient (Wildman–Crippen LogP) is 1.57. The zero-order valence-electron chi connectivity index (χ0n) is 10.6. The van der Waals surface area contributed by atoms with Crippen LogP contribution in [0.25, 0.3) is 0 Å². The lowest BCUT2D eigenvalue weighted by Crippen LogP contribution is -2.42. The number of amides is 1. The van der Waals surface area contributed by atoms with Crippen molar-refractivity contribution in [1.29, 1.82) is 0 Å². The molecule has 18 heavy (non-hydrogen) atoms. The number of hydrogen-bond acceptors (Lipinski definition) is 2. The molecule has 0 bridgehead atoms. The van der Waals surface area contributed by atoms with Gasteiger partial charge in [0.05, 0.1) is 5.41 Å². The van der Waals surface area contributed by atoms with Crippen molar-refractivity contribution in [2.24, 2.45) is 11.7 Å². The molecule has 3 N–H and O–H groups in total. The normalized spacial score (nSPS) is 22.3. The first-order chi connectivity index (χ1) is 8.72. The van der Waals surface area contributed by atoms with Crippen molar-refractivity contribution in [3.8, 4) is 0 Å². The number of carbonyl (C=O) groups is 1. The van der Waals surface area contributed by atoms with Gasteiger partial charge in [0.2, 0.25) is 5.91 Å². The van der Waals surface area contributed by atoms with Crippen molar-refractivity contribution in [3.05, 3.63) is 35.9 Å². The van der Waals surface area contributed by atoms with Gasteiger partial charge in [0.25, 0.3) is 0 Å². The molecule has 2 aliphatic carbocycles. The molecule has 2 fully saturated rings. The van der Waals surface area contributed by atoms with Crippen LogP contribution in [-0.4, -0.2) is 18.5 Å². The summed E-state index contributed by atoms with van der Waals surface area (Å²) in [5.41, 5.74) is 6.90. The van der Waals surface area contributed by atoms with Crippen molar-refractivity contribution in [2.45, 2.75) is 37.1 Å². The minimum Gasteiger partial charge on any atom is -0.354 e. The third-order valence-electron chi connectivity index (χ3n) is 4.24. The molecule has 0 spiro atoms. The number of benzene rings is 1. The van der Waals surface area contributed by atoms with Gasteiger partial charge in [0, 0.05) is 12.6 Å². The van der Waals surface area contributed by atoms with Gasteiger partial charge in [0.15, 0.2) is 0 Å². The summed E-state index contributed by atoms with van der Waals surface area (Å²) >= 11 is 0. The van der Waals surface area contributed by atoms with Gasteiger partial charge < -0.3 is 11.1 Å². The minimum absolute atomic E-state index is 0.139. The monoisotopic (exact) mass is 244 g/mol. The lowest BCUT2D eigenvalue weighted by molar-refractivity contribution is -0.123. The van der Waals surface area contributed by atoms with Crippen LogP contribution < -0.4 is 11.1 Å². The standard InChI is InChI=1S/C15H20N2O/c16-13(11-6-7-11)10-17-14(18)15(8-9-15)12-4-2-1-3-5-12/h1-5,11,13H,6-10,16H2,(H,17,18). The first-order valence-corrected chi connectivity index (χ1v) is 6.82. The molecule has 0 aromatic heterocycles. The fourth-order valence-electron chi connectivity index (χ4n) is 2.60. The van der Waals surface area contributed by atoms with Gasteiger partial charge in [0.1, 0.15) is 0 Å². The second-order valence-corrected chi connectivity index (χ2v) is 5.66. The van der Waals surface area contributed by atoms with Gasteiger partial charge >= 0.3 is 0 Å². The summed E-state index contributed by atoms with van der Waals surface area (Å²) in [6, 6.07) is 10.2. The van der Waals surface area contributed by atoms with Crippen LogP contribution in [0.5, 0.6) is 0 Å². The van der Waals surface area contributed by atoms with Crippen LogP contribution in [0.4, 0.5) is 0 Å². The van der Waals surface area contributed by atoms with Gasteiger partial charge in [-0.15, -0.1) is 0 Å². The summed E-state index contributed by atoms with van der Waals surface area (Å²) in [4.78, 5) is 12.3. The SMILES string of the molecule is NC(CNC(=O)C1(c2ccccc2)CC1)C1CC1. The van der Waals surface area contributed by atoms with Gasteiger partial charge in [-0.3, -0.25) is 4.79 Å². The number of nitrogens with two attached hydrogens (primary N) is 1. The Bertz CT molecular complexity index is 435. The highest BCUT2D eigenvalue weighted by atomic mass is 16.2. The van der Waals surface area contributed by atoms with Crippen LogP contribution in [0, 0.1) is 5.92 Å². The predicted molar refractivity (Wildman–Crippen MR) is 71.1 cm³/mol. The van der Waals surface area contributed by atoms with E-state index >= 15 is 0 Å². The molecule has 3 rings (SSSR count). The van der Waals surface area contributed by atoms with E-state index in [1.165, 1.54) is 12.8 Å². The summed E-state index contributed by atoms with van der Waals surface area (Å²) in [5, 5.41) is 3.04. The summed E-state index contributed by atoms with van der Waals surface area (Å²) in [6.45, 7) is 0.623. The molecule has 0 saturated heterocycles. The molecule has 1 atom stereocenters. The topological polar surface area (TPSA) is 55.1 Å². The molecule has 3 nitrogen and oxygen atoms in total. The third kappa shape index (κ3) is 2.15. The lowest BCUT2D eigenvalue weighted by atomic mass is 9.95. The molecule has 96 valence electrons. The molecule has 1 unspecified atom stereocenters. The molecule has 3 heteroatoms. The molecule has 1 aromatic rings. The average molecular weight is 244 g/mol. The maximum Gasteiger partial charge on any atom is 0.230 e. The second kappa shape index (κ2) is 4.39. The van der Waals surface area contributed by atoms with E-state index in [1.54, 1.807) is 0 Å². The van der Waals surface area contributed by atoms with E-state index in [-0.39, 0.29) is 17.4 Å². The quantitative estimate of drug-likeness (QED) is 0.826. The van der Waals surface area contributed by atoms with E-state index in [0.717, 1.165) is 18.4 Å². The highest BCUT2D eigenvalue weighted by Gasteiger charge is 2.51. The first-order valence-electron chi connectivity index (χ1n) is 6.82. The number of nitrogens with one attached hydrogen (secondary N) is 1. The Hall–Kier alpha value is -1.35. The van der Waals surface area contributed by atoms with E-state index in [4.69, 9.17) is 5.73 Å². The summed E-state index contributed by atoms with van der Waals surface area (Å²) < 4.78 is 0. The number of carbonyl (C=O) groups excluding carboxylic acids is 1. The minimum atomic E-state index is -0.259.